The van der Waals surface area contributed by atoms with Gasteiger partial charge in [-0.15, -0.1) is 11.3 Å². The molecule has 106 valence electrons. The van der Waals surface area contributed by atoms with Crippen molar-refractivity contribution >= 4 is 46.4 Å². The van der Waals surface area contributed by atoms with Gasteiger partial charge in [-0.25, -0.2) is 9.78 Å². The van der Waals surface area contributed by atoms with Gasteiger partial charge in [-0.3, -0.25) is 4.79 Å². The van der Waals surface area contributed by atoms with Crippen molar-refractivity contribution in [2.24, 2.45) is 0 Å². The van der Waals surface area contributed by atoms with Crippen LogP contribution in [-0.2, 0) is 16.1 Å². The number of halogens is 2. The van der Waals surface area contributed by atoms with E-state index in [1.807, 2.05) is 13.8 Å². The van der Waals surface area contributed by atoms with Gasteiger partial charge in [-0.2, -0.15) is 0 Å². The van der Waals surface area contributed by atoms with Gasteiger partial charge < -0.3 is 9.64 Å². The van der Waals surface area contributed by atoms with Crippen molar-refractivity contribution < 1.29 is 14.3 Å². The molecule has 1 amide bonds. The number of hydrogen-bond donors (Lipinski definition) is 0. The number of carbonyl (C=O) groups excluding carboxylic acids is 2. The van der Waals surface area contributed by atoms with Crippen LogP contribution in [0.1, 0.15) is 29.3 Å². The van der Waals surface area contributed by atoms with Crippen molar-refractivity contribution in [2.75, 3.05) is 7.11 Å². The molecule has 0 N–H and O–H groups in total. The Morgan fingerprint density at radius 1 is 1.47 bits per heavy atom. The van der Waals surface area contributed by atoms with E-state index < -0.39 is 10.8 Å². The highest BCUT2D eigenvalue weighted by molar-refractivity contribution is 7.09. The van der Waals surface area contributed by atoms with Crippen LogP contribution in [0.5, 0.6) is 0 Å². The van der Waals surface area contributed by atoms with Crippen LogP contribution in [-0.4, -0.2) is 39.7 Å². The number of nitrogens with zero attached hydrogens (tertiary/aromatic N) is 2. The van der Waals surface area contributed by atoms with Crippen molar-refractivity contribution in [3.05, 3.63) is 16.1 Å². The second-order valence-electron chi connectivity index (χ2n) is 3.98. The minimum atomic E-state index is -1.11. The summed E-state index contributed by atoms with van der Waals surface area (Å²) < 4.78 is 4.57. The van der Waals surface area contributed by atoms with Crippen molar-refractivity contribution in [1.29, 1.82) is 0 Å². The molecule has 0 radical (unpaired) electrons. The molecule has 1 heterocycles. The maximum atomic E-state index is 11.8. The lowest BCUT2D eigenvalue weighted by molar-refractivity contribution is -0.131. The molecule has 5 nitrogen and oxygen atoms in total. The predicted molar refractivity (Wildman–Crippen MR) is 74.6 cm³/mol. The Hall–Kier alpha value is -0.850. The Morgan fingerprint density at radius 3 is 2.58 bits per heavy atom. The third-order valence-electron chi connectivity index (χ3n) is 2.34. The summed E-state index contributed by atoms with van der Waals surface area (Å²) in [4.78, 5) is 27.6. The molecular formula is C11H14Cl2N2O3S. The van der Waals surface area contributed by atoms with Gasteiger partial charge in [0.15, 0.2) is 10.5 Å². The Bertz CT molecular complexity index is 463. The summed E-state index contributed by atoms with van der Waals surface area (Å²) in [6.07, 6.45) is 0. The fraction of sp³-hybridized carbons (Fsp3) is 0.545. The van der Waals surface area contributed by atoms with Gasteiger partial charge in [0, 0.05) is 11.4 Å². The molecule has 8 heteroatoms. The molecule has 0 unspecified atom stereocenters. The number of esters is 1. The smallest absolute Gasteiger partial charge is 0.357 e. The largest absolute Gasteiger partial charge is 0.464 e. The number of ether oxygens (including phenoxy) is 1. The van der Waals surface area contributed by atoms with Gasteiger partial charge in [0.1, 0.15) is 5.01 Å². The third-order valence-corrected chi connectivity index (χ3v) is 3.55. The number of carbonyl (C=O) groups is 2. The SMILES string of the molecule is COC(=O)c1csc(CN(C(=O)C(Cl)Cl)C(C)C)n1. The van der Waals surface area contributed by atoms with Gasteiger partial charge >= 0.3 is 5.97 Å². The third kappa shape index (κ3) is 4.33. The number of alkyl halides is 2. The van der Waals surface area contributed by atoms with Crippen LogP contribution in [0.25, 0.3) is 0 Å². The molecule has 0 aliphatic heterocycles. The van der Waals surface area contributed by atoms with Gasteiger partial charge in [-0.1, -0.05) is 23.2 Å². The minimum Gasteiger partial charge on any atom is -0.464 e. The molecule has 0 aliphatic carbocycles. The first-order chi connectivity index (χ1) is 8.86. The predicted octanol–water partition coefficient (Wildman–Crippen LogP) is 2.47. The Balaban J connectivity index is 2.83. The number of amides is 1. The Morgan fingerprint density at radius 2 is 2.11 bits per heavy atom. The molecule has 0 aromatic carbocycles. The molecule has 0 aliphatic rings. The van der Waals surface area contributed by atoms with E-state index in [9.17, 15) is 9.59 Å². The molecule has 0 saturated carbocycles. The summed E-state index contributed by atoms with van der Waals surface area (Å²) >= 11 is 12.5. The van der Waals surface area contributed by atoms with Crippen LogP contribution in [0.15, 0.2) is 5.38 Å². The number of aromatic nitrogens is 1. The van der Waals surface area contributed by atoms with Gasteiger partial charge in [0.25, 0.3) is 5.91 Å². The Labute approximate surface area is 125 Å². The molecule has 0 bridgehead atoms. The highest BCUT2D eigenvalue weighted by Gasteiger charge is 2.24. The van der Waals surface area contributed by atoms with Gasteiger partial charge in [0.2, 0.25) is 0 Å². The van der Waals surface area contributed by atoms with E-state index in [-0.39, 0.29) is 24.2 Å². The molecule has 0 saturated heterocycles. The number of thiazole rings is 1. The average Bonchev–Trinajstić information content (AvgIpc) is 2.82. The van der Waals surface area contributed by atoms with Gasteiger partial charge in [0.05, 0.1) is 13.7 Å². The van der Waals surface area contributed by atoms with Crippen LogP contribution in [0.4, 0.5) is 0 Å². The van der Waals surface area contributed by atoms with Gasteiger partial charge in [-0.05, 0) is 13.8 Å². The average molecular weight is 325 g/mol. The lowest BCUT2D eigenvalue weighted by Gasteiger charge is -2.26. The first-order valence-electron chi connectivity index (χ1n) is 5.48. The minimum absolute atomic E-state index is 0.0713. The fourth-order valence-corrected chi connectivity index (χ4v) is 2.38. The summed E-state index contributed by atoms with van der Waals surface area (Å²) in [7, 11) is 1.29. The summed E-state index contributed by atoms with van der Waals surface area (Å²) in [5, 5.41) is 2.21. The zero-order chi connectivity index (χ0) is 14.6. The lowest BCUT2D eigenvalue weighted by Crippen LogP contribution is -2.39. The van der Waals surface area contributed by atoms with E-state index in [1.54, 1.807) is 5.38 Å². The molecule has 1 rings (SSSR count). The van der Waals surface area contributed by atoms with Crippen molar-refractivity contribution in [3.63, 3.8) is 0 Å². The second-order valence-corrected chi connectivity index (χ2v) is 6.02. The summed E-state index contributed by atoms with van der Waals surface area (Å²) in [6, 6.07) is -0.0713. The van der Waals surface area contributed by atoms with E-state index in [0.717, 1.165) is 0 Å². The highest BCUT2D eigenvalue weighted by atomic mass is 35.5. The molecule has 1 aromatic rings. The summed E-state index contributed by atoms with van der Waals surface area (Å²) in [5.74, 6) is -0.884. The van der Waals surface area contributed by atoms with E-state index >= 15 is 0 Å². The van der Waals surface area contributed by atoms with Crippen LogP contribution >= 0.6 is 34.5 Å². The highest BCUT2D eigenvalue weighted by Crippen LogP contribution is 2.17. The quantitative estimate of drug-likeness (QED) is 0.616. The van der Waals surface area contributed by atoms with Crippen LogP contribution < -0.4 is 0 Å². The number of methoxy groups -OCH3 is 1. The Kier molecular flexibility index (Phi) is 6.03. The number of hydrogen-bond acceptors (Lipinski definition) is 5. The molecule has 0 spiro atoms. The molecule has 19 heavy (non-hydrogen) atoms. The normalized spacial score (nSPS) is 10.9. The second kappa shape index (κ2) is 7.07. The molecular weight excluding hydrogens is 311 g/mol. The van der Waals surface area contributed by atoms with E-state index in [1.165, 1.54) is 23.3 Å². The first-order valence-corrected chi connectivity index (χ1v) is 7.23. The number of rotatable bonds is 5. The van der Waals surface area contributed by atoms with Crippen LogP contribution in [0.2, 0.25) is 0 Å². The zero-order valence-corrected chi connectivity index (χ0v) is 13.1. The maximum Gasteiger partial charge on any atom is 0.357 e. The van der Waals surface area contributed by atoms with Crippen molar-refractivity contribution in [1.82, 2.24) is 9.88 Å². The summed E-state index contributed by atoms with van der Waals surface area (Å²) in [5.41, 5.74) is 0.229. The van der Waals surface area contributed by atoms with E-state index in [0.29, 0.717) is 5.01 Å². The fourth-order valence-electron chi connectivity index (χ4n) is 1.37. The van der Waals surface area contributed by atoms with E-state index in [2.05, 4.69) is 9.72 Å². The standard InChI is InChI=1S/C11H14Cl2N2O3S/c1-6(2)15(10(16)9(12)13)4-8-14-7(5-19-8)11(17)18-3/h5-6,9H,4H2,1-3H3. The van der Waals surface area contributed by atoms with Crippen LogP contribution in [0, 0.1) is 0 Å². The molecule has 0 fully saturated rings. The summed E-state index contributed by atoms with van der Waals surface area (Å²) in [6.45, 7) is 3.96. The topological polar surface area (TPSA) is 59.5 Å². The lowest BCUT2D eigenvalue weighted by atomic mass is 10.3. The maximum absolute atomic E-state index is 11.8. The first kappa shape index (κ1) is 16.2. The van der Waals surface area contributed by atoms with Crippen LogP contribution in [0.3, 0.4) is 0 Å². The monoisotopic (exact) mass is 324 g/mol. The van der Waals surface area contributed by atoms with Crippen molar-refractivity contribution in [2.45, 2.75) is 31.3 Å². The molecule has 1 aromatic heterocycles. The van der Waals surface area contributed by atoms with E-state index in [4.69, 9.17) is 23.2 Å². The zero-order valence-electron chi connectivity index (χ0n) is 10.7. The molecule has 0 atom stereocenters. The van der Waals surface area contributed by atoms with Crippen molar-refractivity contribution in [3.8, 4) is 0 Å².